The molecule has 190 valence electrons. The number of hydrogen-bond donors (Lipinski definition) is 1. The molecule has 0 spiro atoms. The number of carbonyl (C=O) groups is 2. The van der Waals surface area contributed by atoms with Gasteiger partial charge in [0.05, 0.1) is 11.6 Å². The van der Waals surface area contributed by atoms with E-state index in [-0.39, 0.29) is 17.9 Å². The van der Waals surface area contributed by atoms with E-state index in [1.807, 2.05) is 61.5 Å². The van der Waals surface area contributed by atoms with Crippen molar-refractivity contribution in [3.63, 3.8) is 0 Å². The lowest BCUT2D eigenvalue weighted by Crippen LogP contribution is -2.29. The minimum absolute atomic E-state index is 0.0468. The zero-order valence-electron chi connectivity index (χ0n) is 20.7. The molecule has 1 saturated heterocycles. The normalized spacial score (nSPS) is 16.6. The van der Waals surface area contributed by atoms with Gasteiger partial charge in [-0.15, -0.1) is 0 Å². The van der Waals surface area contributed by atoms with E-state index in [1.165, 1.54) is 4.90 Å². The van der Waals surface area contributed by atoms with Crippen molar-refractivity contribution in [1.82, 2.24) is 9.88 Å². The number of rotatable bonds is 7. The molecule has 4 aromatic rings. The standard InChI is InChI=1S/C31H25BrN2O4/c1-20-6-2-3-8-24(20)19-38-26-13-11-22(12-14-26)29(35)27-28(23-9-4-10-25(32)16-23)34(31(37)30(27)36)18-21-7-5-15-33-17-21/h2-17,28,35H,18-19H2,1H3/b29-27+. The molecule has 2 heterocycles. The van der Waals surface area contributed by atoms with Crippen molar-refractivity contribution in [2.45, 2.75) is 26.1 Å². The Labute approximate surface area is 229 Å². The van der Waals surface area contributed by atoms with Crippen LogP contribution in [0.2, 0.25) is 0 Å². The van der Waals surface area contributed by atoms with Gasteiger partial charge in [-0.3, -0.25) is 14.6 Å². The number of halogens is 1. The lowest BCUT2D eigenvalue weighted by molar-refractivity contribution is -0.140. The largest absolute Gasteiger partial charge is 0.507 e. The first-order valence-electron chi connectivity index (χ1n) is 12.1. The molecule has 7 heteroatoms. The maximum atomic E-state index is 13.3. The van der Waals surface area contributed by atoms with E-state index >= 15 is 0 Å². The van der Waals surface area contributed by atoms with Crippen LogP contribution in [0.3, 0.4) is 0 Å². The van der Waals surface area contributed by atoms with Gasteiger partial charge in [0.2, 0.25) is 0 Å². The number of amides is 1. The third kappa shape index (κ3) is 5.24. The minimum Gasteiger partial charge on any atom is -0.507 e. The van der Waals surface area contributed by atoms with E-state index in [0.717, 1.165) is 21.2 Å². The molecule has 1 unspecified atom stereocenters. The number of Topliss-reactive ketones (excluding diaryl/α,β-unsaturated/α-hetero) is 1. The molecule has 1 aliphatic rings. The van der Waals surface area contributed by atoms with Crippen molar-refractivity contribution in [2.75, 3.05) is 0 Å². The van der Waals surface area contributed by atoms with Gasteiger partial charge < -0.3 is 14.7 Å². The van der Waals surface area contributed by atoms with Gasteiger partial charge in [-0.05, 0) is 71.6 Å². The Kier molecular flexibility index (Phi) is 7.38. The first-order valence-corrected chi connectivity index (χ1v) is 12.9. The summed E-state index contributed by atoms with van der Waals surface area (Å²) in [6.07, 6.45) is 3.31. The van der Waals surface area contributed by atoms with Crippen LogP contribution in [0.25, 0.3) is 5.76 Å². The highest BCUT2D eigenvalue weighted by atomic mass is 79.9. The summed E-state index contributed by atoms with van der Waals surface area (Å²) < 4.78 is 6.72. The molecule has 1 amide bonds. The molecule has 1 aliphatic heterocycles. The number of aryl methyl sites for hydroxylation is 1. The Balaban J connectivity index is 1.48. The molecular weight excluding hydrogens is 544 g/mol. The van der Waals surface area contributed by atoms with Crippen molar-refractivity contribution in [3.05, 3.63) is 135 Å². The van der Waals surface area contributed by atoms with E-state index in [9.17, 15) is 14.7 Å². The number of aliphatic hydroxyl groups excluding tert-OH is 1. The minimum atomic E-state index is -0.760. The van der Waals surface area contributed by atoms with Crippen LogP contribution in [0, 0.1) is 6.92 Å². The maximum absolute atomic E-state index is 13.3. The number of aromatic nitrogens is 1. The molecule has 1 fully saturated rings. The number of benzene rings is 3. The monoisotopic (exact) mass is 568 g/mol. The molecule has 6 nitrogen and oxygen atoms in total. The van der Waals surface area contributed by atoms with E-state index in [2.05, 4.69) is 20.9 Å². The van der Waals surface area contributed by atoms with Crippen molar-refractivity contribution < 1.29 is 19.4 Å². The fraction of sp³-hybridized carbons (Fsp3) is 0.129. The summed E-state index contributed by atoms with van der Waals surface area (Å²) in [5, 5.41) is 11.3. The van der Waals surface area contributed by atoms with Gasteiger partial charge in [0, 0.05) is 29.0 Å². The third-order valence-corrected chi connectivity index (χ3v) is 7.06. The quantitative estimate of drug-likeness (QED) is 0.159. The van der Waals surface area contributed by atoms with Crippen LogP contribution in [0.1, 0.15) is 33.9 Å². The van der Waals surface area contributed by atoms with Gasteiger partial charge in [0.1, 0.15) is 18.1 Å². The Morgan fingerprint density at radius 1 is 1.00 bits per heavy atom. The number of likely N-dealkylation sites (tertiary alicyclic amines) is 1. The number of carbonyl (C=O) groups excluding carboxylic acids is 2. The van der Waals surface area contributed by atoms with Gasteiger partial charge in [0.15, 0.2) is 0 Å². The van der Waals surface area contributed by atoms with Crippen molar-refractivity contribution in [1.29, 1.82) is 0 Å². The molecule has 1 N–H and O–H groups in total. The summed E-state index contributed by atoms with van der Waals surface area (Å²) in [5.74, 6) is -0.993. The van der Waals surface area contributed by atoms with Crippen LogP contribution in [0.15, 0.2) is 107 Å². The van der Waals surface area contributed by atoms with Crippen molar-refractivity contribution >= 4 is 33.4 Å². The smallest absolute Gasteiger partial charge is 0.295 e. The summed E-state index contributed by atoms with van der Waals surface area (Å²) in [5.41, 5.74) is 4.19. The maximum Gasteiger partial charge on any atom is 0.295 e. The van der Waals surface area contributed by atoms with Gasteiger partial charge in [-0.25, -0.2) is 0 Å². The number of ketones is 1. The zero-order valence-corrected chi connectivity index (χ0v) is 22.3. The second kappa shape index (κ2) is 11.0. The lowest BCUT2D eigenvalue weighted by Gasteiger charge is -2.25. The molecule has 0 bridgehead atoms. The van der Waals surface area contributed by atoms with Gasteiger partial charge >= 0.3 is 0 Å². The summed E-state index contributed by atoms with van der Waals surface area (Å²) in [4.78, 5) is 32.1. The van der Waals surface area contributed by atoms with Crippen LogP contribution in [0.5, 0.6) is 5.75 Å². The molecule has 3 aromatic carbocycles. The highest BCUT2D eigenvalue weighted by Gasteiger charge is 2.46. The van der Waals surface area contributed by atoms with Crippen LogP contribution >= 0.6 is 15.9 Å². The number of aliphatic hydroxyl groups is 1. The summed E-state index contributed by atoms with van der Waals surface area (Å²) >= 11 is 3.48. The predicted molar refractivity (Wildman–Crippen MR) is 148 cm³/mol. The fourth-order valence-corrected chi connectivity index (χ4v) is 4.97. The van der Waals surface area contributed by atoms with E-state index in [4.69, 9.17) is 4.74 Å². The second-order valence-corrected chi connectivity index (χ2v) is 10.00. The van der Waals surface area contributed by atoms with Crippen LogP contribution < -0.4 is 4.74 Å². The Morgan fingerprint density at radius 2 is 1.79 bits per heavy atom. The number of hydrogen-bond acceptors (Lipinski definition) is 5. The van der Waals surface area contributed by atoms with E-state index in [1.54, 1.807) is 42.7 Å². The number of nitrogens with zero attached hydrogens (tertiary/aromatic N) is 2. The molecule has 5 rings (SSSR count). The van der Waals surface area contributed by atoms with E-state index in [0.29, 0.717) is 23.5 Å². The molecule has 1 aromatic heterocycles. The van der Waals surface area contributed by atoms with E-state index < -0.39 is 17.7 Å². The molecule has 0 saturated carbocycles. The topological polar surface area (TPSA) is 79.7 Å². The summed E-state index contributed by atoms with van der Waals surface area (Å²) in [6.45, 7) is 2.63. The Bertz CT molecular complexity index is 1520. The molecule has 0 aliphatic carbocycles. The number of pyridine rings is 1. The molecular formula is C31H25BrN2O4. The van der Waals surface area contributed by atoms with Gasteiger partial charge in [-0.2, -0.15) is 0 Å². The molecule has 38 heavy (non-hydrogen) atoms. The Morgan fingerprint density at radius 3 is 2.50 bits per heavy atom. The van der Waals surface area contributed by atoms with Gasteiger partial charge in [0.25, 0.3) is 11.7 Å². The second-order valence-electron chi connectivity index (χ2n) is 9.08. The summed E-state index contributed by atoms with van der Waals surface area (Å²) in [6, 6.07) is 25.1. The predicted octanol–water partition coefficient (Wildman–Crippen LogP) is 6.35. The van der Waals surface area contributed by atoms with Crippen LogP contribution in [0.4, 0.5) is 0 Å². The first-order chi connectivity index (χ1) is 18.4. The molecule has 0 radical (unpaired) electrons. The first kappa shape index (κ1) is 25.4. The van der Waals surface area contributed by atoms with Crippen molar-refractivity contribution in [2.24, 2.45) is 0 Å². The average Bonchev–Trinajstić information content (AvgIpc) is 3.18. The fourth-order valence-electron chi connectivity index (χ4n) is 4.55. The number of ether oxygens (including phenoxy) is 1. The SMILES string of the molecule is Cc1ccccc1COc1ccc(/C(O)=C2\C(=O)C(=O)N(Cc3cccnc3)C2c2cccc(Br)c2)cc1. The van der Waals surface area contributed by atoms with Gasteiger partial charge in [-0.1, -0.05) is 58.4 Å². The highest BCUT2D eigenvalue weighted by Crippen LogP contribution is 2.41. The van der Waals surface area contributed by atoms with Crippen LogP contribution in [-0.2, 0) is 22.7 Å². The average molecular weight is 569 g/mol. The zero-order chi connectivity index (χ0) is 26.6. The Hall–Kier alpha value is -4.23. The summed E-state index contributed by atoms with van der Waals surface area (Å²) in [7, 11) is 0. The molecule has 1 atom stereocenters. The highest BCUT2D eigenvalue weighted by molar-refractivity contribution is 9.10. The van der Waals surface area contributed by atoms with Crippen molar-refractivity contribution in [3.8, 4) is 5.75 Å². The lowest BCUT2D eigenvalue weighted by atomic mass is 9.95. The third-order valence-electron chi connectivity index (χ3n) is 6.56. The van der Waals surface area contributed by atoms with Crippen LogP contribution in [-0.4, -0.2) is 26.7 Å².